The van der Waals surface area contributed by atoms with Crippen molar-refractivity contribution in [2.24, 2.45) is 5.92 Å². The smallest absolute Gasteiger partial charge is 0.337 e. The summed E-state index contributed by atoms with van der Waals surface area (Å²) in [6.07, 6.45) is 7.61. The Labute approximate surface area is 196 Å². The summed E-state index contributed by atoms with van der Waals surface area (Å²) in [5, 5.41) is 9.84. The molecule has 2 fully saturated rings. The number of nitrogens with zero attached hydrogens (tertiary/aromatic N) is 1. The van der Waals surface area contributed by atoms with Gasteiger partial charge in [0.1, 0.15) is 11.4 Å². The van der Waals surface area contributed by atoms with Crippen LogP contribution in [0, 0.1) is 5.92 Å². The van der Waals surface area contributed by atoms with Gasteiger partial charge in [0.15, 0.2) is 11.8 Å². The quantitative estimate of drug-likeness (QED) is 0.408. The first-order chi connectivity index (χ1) is 16.0. The maximum atomic E-state index is 13.6. The van der Waals surface area contributed by atoms with Gasteiger partial charge in [-0.3, -0.25) is 4.79 Å². The Hall–Kier alpha value is -2.82. The first-order valence-corrected chi connectivity index (χ1v) is 12.4. The number of hydrogen-bond donors (Lipinski definition) is 1. The minimum Gasteiger partial charge on any atom is -0.508 e. The average Bonchev–Trinajstić information content (AvgIpc) is 3.36. The van der Waals surface area contributed by atoms with E-state index >= 15 is 0 Å². The van der Waals surface area contributed by atoms with Crippen molar-refractivity contribution < 1.29 is 19.4 Å². The number of Topliss-reactive ketones (excluding diaryl/α,β-unsaturated/α-hetero) is 1. The molecule has 0 radical (unpaired) electrons. The van der Waals surface area contributed by atoms with E-state index in [1.165, 1.54) is 0 Å². The zero-order valence-corrected chi connectivity index (χ0v) is 19.5. The Kier molecular flexibility index (Phi) is 7.36. The molecule has 1 saturated heterocycles. The minimum atomic E-state index is -0.880. The summed E-state index contributed by atoms with van der Waals surface area (Å²) < 4.78 is 6.31. The van der Waals surface area contributed by atoms with Crippen molar-refractivity contribution in [3.05, 3.63) is 60.2 Å². The molecule has 5 heteroatoms. The van der Waals surface area contributed by atoms with Gasteiger partial charge in [0.25, 0.3) is 0 Å². The van der Waals surface area contributed by atoms with Crippen LogP contribution >= 0.6 is 0 Å². The molecule has 2 aliphatic rings. The summed E-state index contributed by atoms with van der Waals surface area (Å²) in [5.41, 5.74) is 1.13. The number of rotatable bonds is 9. The molecular formula is C28H35NO4. The third kappa shape index (κ3) is 5.23. The molecule has 0 bridgehead atoms. The Balaban J connectivity index is 1.58. The van der Waals surface area contributed by atoms with Gasteiger partial charge in [-0.05, 0) is 67.9 Å². The number of unbranched alkanes of at least 4 members (excludes halogenated alkanes) is 1. The van der Waals surface area contributed by atoms with Crippen LogP contribution in [0.1, 0.15) is 63.9 Å². The predicted molar refractivity (Wildman–Crippen MR) is 129 cm³/mol. The van der Waals surface area contributed by atoms with Crippen molar-refractivity contribution in [2.75, 3.05) is 11.4 Å². The summed E-state index contributed by atoms with van der Waals surface area (Å²) in [7, 11) is 0. The van der Waals surface area contributed by atoms with Crippen LogP contribution in [0.2, 0.25) is 0 Å². The highest BCUT2D eigenvalue weighted by Gasteiger charge is 2.52. The van der Waals surface area contributed by atoms with E-state index in [-0.39, 0.29) is 23.9 Å². The largest absolute Gasteiger partial charge is 0.508 e. The SMILES string of the molecule is CCCCN(c1ccccc1)C1C(=O)C[C@@](CCc2cccc(O)c2)(C2CCCC2)OC1=O. The van der Waals surface area contributed by atoms with E-state index in [1.807, 2.05) is 47.4 Å². The number of anilines is 1. The maximum Gasteiger partial charge on any atom is 0.337 e. The third-order valence-electron chi connectivity index (χ3n) is 7.30. The fourth-order valence-electron chi connectivity index (χ4n) is 5.56. The molecule has 4 rings (SSSR count). The third-order valence-corrected chi connectivity index (χ3v) is 7.30. The van der Waals surface area contributed by atoms with Crippen molar-refractivity contribution in [1.29, 1.82) is 0 Å². The van der Waals surface area contributed by atoms with Crippen LogP contribution in [0.5, 0.6) is 5.75 Å². The molecule has 0 amide bonds. The highest BCUT2D eigenvalue weighted by atomic mass is 16.6. The first kappa shape index (κ1) is 23.3. The summed E-state index contributed by atoms with van der Waals surface area (Å²) >= 11 is 0. The number of hydrogen-bond acceptors (Lipinski definition) is 5. The number of ketones is 1. The van der Waals surface area contributed by atoms with E-state index in [0.717, 1.165) is 49.8 Å². The molecule has 1 aliphatic heterocycles. The van der Waals surface area contributed by atoms with E-state index in [2.05, 4.69) is 6.92 Å². The Morgan fingerprint density at radius 3 is 2.48 bits per heavy atom. The second-order valence-electron chi connectivity index (χ2n) is 9.57. The summed E-state index contributed by atoms with van der Waals surface area (Å²) in [6.45, 7) is 2.75. The van der Waals surface area contributed by atoms with Crippen molar-refractivity contribution in [2.45, 2.75) is 76.4 Å². The topological polar surface area (TPSA) is 66.8 Å². The molecule has 1 saturated carbocycles. The zero-order chi connectivity index (χ0) is 23.3. The molecule has 176 valence electrons. The van der Waals surface area contributed by atoms with Crippen LogP contribution < -0.4 is 4.90 Å². The van der Waals surface area contributed by atoms with Crippen LogP contribution in [-0.4, -0.2) is 35.0 Å². The number of benzene rings is 2. The van der Waals surface area contributed by atoms with E-state index in [4.69, 9.17) is 4.74 Å². The first-order valence-electron chi connectivity index (χ1n) is 12.4. The fourth-order valence-corrected chi connectivity index (χ4v) is 5.56. The average molecular weight is 450 g/mol. The van der Waals surface area contributed by atoms with Crippen LogP contribution in [0.3, 0.4) is 0 Å². The lowest BCUT2D eigenvalue weighted by Crippen LogP contribution is -2.59. The monoisotopic (exact) mass is 449 g/mol. The van der Waals surface area contributed by atoms with Gasteiger partial charge in [-0.1, -0.05) is 56.5 Å². The van der Waals surface area contributed by atoms with Gasteiger partial charge >= 0.3 is 5.97 Å². The molecule has 0 spiro atoms. The predicted octanol–water partition coefficient (Wildman–Crippen LogP) is 5.45. The molecule has 1 aliphatic carbocycles. The number of carbonyl (C=O) groups is 2. The van der Waals surface area contributed by atoms with Gasteiger partial charge in [-0.2, -0.15) is 0 Å². The number of phenolic OH excluding ortho intramolecular Hbond substituents is 1. The van der Waals surface area contributed by atoms with Gasteiger partial charge in [0.2, 0.25) is 0 Å². The number of para-hydroxylation sites is 1. The molecule has 1 heterocycles. The normalized spacial score (nSPS) is 23.5. The van der Waals surface area contributed by atoms with Crippen LogP contribution in [0.4, 0.5) is 5.69 Å². The van der Waals surface area contributed by atoms with Crippen molar-refractivity contribution in [3.63, 3.8) is 0 Å². The summed E-state index contributed by atoms with van der Waals surface area (Å²) in [5.74, 6) is 0.00105. The number of esters is 1. The Bertz CT molecular complexity index is 933. The fraction of sp³-hybridized carbons (Fsp3) is 0.500. The lowest BCUT2D eigenvalue weighted by Gasteiger charge is -2.45. The van der Waals surface area contributed by atoms with Crippen molar-refractivity contribution in [3.8, 4) is 5.75 Å². The number of phenols is 1. The minimum absolute atomic E-state index is 0.0333. The van der Waals surface area contributed by atoms with Crippen LogP contribution in [0.25, 0.3) is 0 Å². The van der Waals surface area contributed by atoms with Gasteiger partial charge in [0, 0.05) is 18.7 Å². The lowest BCUT2D eigenvalue weighted by molar-refractivity contribution is -0.181. The number of carbonyl (C=O) groups excluding carboxylic acids is 2. The standard InChI is InChI=1S/C28H35NO4/c1-2-3-18-29(23-13-5-4-6-14-23)26-25(31)20-28(33-27(26)32,22-11-7-8-12-22)17-16-21-10-9-15-24(30)19-21/h4-6,9-10,13-15,19,22,26,30H,2-3,7-8,11-12,16-18,20H2,1H3/t26?,28-/m0/s1. The molecule has 1 unspecified atom stereocenters. The Morgan fingerprint density at radius 1 is 1.06 bits per heavy atom. The van der Waals surface area contributed by atoms with Gasteiger partial charge in [0.05, 0.1) is 0 Å². The van der Waals surface area contributed by atoms with Crippen LogP contribution in [-0.2, 0) is 20.7 Å². The highest BCUT2D eigenvalue weighted by molar-refractivity contribution is 6.08. The van der Waals surface area contributed by atoms with Crippen molar-refractivity contribution >= 4 is 17.4 Å². The maximum absolute atomic E-state index is 13.6. The summed E-state index contributed by atoms with van der Waals surface area (Å²) in [4.78, 5) is 29.1. The van der Waals surface area contributed by atoms with E-state index in [1.54, 1.807) is 12.1 Å². The lowest BCUT2D eigenvalue weighted by atomic mass is 9.75. The number of aromatic hydroxyl groups is 1. The van der Waals surface area contributed by atoms with E-state index < -0.39 is 17.6 Å². The molecule has 2 aromatic rings. The van der Waals surface area contributed by atoms with Gasteiger partial charge < -0.3 is 14.7 Å². The molecule has 2 aromatic carbocycles. The molecule has 2 atom stereocenters. The van der Waals surface area contributed by atoms with E-state index in [0.29, 0.717) is 19.4 Å². The van der Waals surface area contributed by atoms with Crippen LogP contribution in [0.15, 0.2) is 54.6 Å². The molecule has 5 nitrogen and oxygen atoms in total. The second-order valence-corrected chi connectivity index (χ2v) is 9.57. The zero-order valence-electron chi connectivity index (χ0n) is 19.5. The van der Waals surface area contributed by atoms with Gasteiger partial charge in [-0.25, -0.2) is 4.79 Å². The number of ether oxygens (including phenoxy) is 1. The summed E-state index contributed by atoms with van der Waals surface area (Å²) in [6, 6.07) is 16.0. The molecular weight excluding hydrogens is 414 g/mol. The number of cyclic esters (lactones) is 1. The second kappa shape index (κ2) is 10.4. The van der Waals surface area contributed by atoms with Gasteiger partial charge in [-0.15, -0.1) is 0 Å². The molecule has 0 aromatic heterocycles. The molecule has 33 heavy (non-hydrogen) atoms. The number of aryl methyl sites for hydroxylation is 1. The Morgan fingerprint density at radius 2 is 1.82 bits per heavy atom. The van der Waals surface area contributed by atoms with Crippen molar-refractivity contribution in [1.82, 2.24) is 0 Å². The van der Waals surface area contributed by atoms with E-state index in [9.17, 15) is 14.7 Å². The molecule has 1 N–H and O–H groups in total. The highest BCUT2D eigenvalue weighted by Crippen LogP contribution is 2.44.